The largest absolute Gasteiger partial charge is 0.323 e. The normalized spacial score (nSPS) is 34.2. The Morgan fingerprint density at radius 1 is 1.21 bits per heavy atom. The molecule has 2 N–H and O–H groups in total. The third-order valence-corrected chi connectivity index (χ3v) is 5.07. The van der Waals surface area contributed by atoms with Crippen molar-refractivity contribution in [1.82, 2.24) is 4.90 Å². The molecule has 0 spiro atoms. The van der Waals surface area contributed by atoms with Crippen LogP contribution in [0.5, 0.6) is 0 Å². The van der Waals surface area contributed by atoms with Gasteiger partial charge in [0.2, 0.25) is 0 Å². The maximum Gasteiger partial charge on any atom is 0.0456 e. The van der Waals surface area contributed by atoms with Gasteiger partial charge in [0.1, 0.15) is 0 Å². The fourth-order valence-electron chi connectivity index (χ4n) is 3.92. The van der Waals surface area contributed by atoms with Crippen molar-refractivity contribution in [2.24, 2.45) is 11.1 Å². The molecule has 3 rings (SSSR count). The molecule has 1 aromatic rings. The number of nitrogens with two attached hydrogens (primary N) is 1. The summed E-state index contributed by atoms with van der Waals surface area (Å²) in [7, 11) is 0. The average molecular weight is 258 g/mol. The van der Waals surface area contributed by atoms with Crippen molar-refractivity contribution in [3.05, 3.63) is 35.4 Å². The van der Waals surface area contributed by atoms with Crippen LogP contribution in [0.2, 0.25) is 0 Å². The molecule has 1 heterocycles. The van der Waals surface area contributed by atoms with Crippen LogP contribution in [0.15, 0.2) is 24.3 Å². The Hall–Kier alpha value is -0.860. The molecule has 0 radical (unpaired) electrons. The van der Waals surface area contributed by atoms with E-state index in [2.05, 4.69) is 49.9 Å². The Morgan fingerprint density at radius 3 is 2.53 bits per heavy atom. The van der Waals surface area contributed by atoms with Crippen LogP contribution in [0.1, 0.15) is 56.7 Å². The number of nitrogens with zero attached hydrogens (tertiary/aromatic N) is 1. The molecule has 19 heavy (non-hydrogen) atoms. The topological polar surface area (TPSA) is 29.3 Å². The van der Waals surface area contributed by atoms with E-state index in [1.807, 2.05) is 0 Å². The number of rotatable bonds is 1. The zero-order chi connectivity index (χ0) is 13.6. The molecule has 104 valence electrons. The summed E-state index contributed by atoms with van der Waals surface area (Å²) in [5.41, 5.74) is 9.87. The fraction of sp³-hybridized carbons (Fsp3) is 0.647. The van der Waals surface area contributed by atoms with E-state index in [0.717, 1.165) is 0 Å². The summed E-state index contributed by atoms with van der Waals surface area (Å²) < 4.78 is 0. The predicted molar refractivity (Wildman–Crippen MR) is 80.2 cm³/mol. The van der Waals surface area contributed by atoms with Gasteiger partial charge < -0.3 is 5.73 Å². The maximum atomic E-state index is 6.58. The average Bonchev–Trinajstić information content (AvgIpc) is 2.74. The zero-order valence-electron chi connectivity index (χ0n) is 12.4. The van der Waals surface area contributed by atoms with Gasteiger partial charge in [-0.05, 0) is 41.8 Å². The molecular formula is C17H26N2. The summed E-state index contributed by atoms with van der Waals surface area (Å²) in [6.07, 6.45) is 2.50. The number of likely N-dealkylation sites (tertiary alicyclic amines) is 1. The minimum absolute atomic E-state index is 0.182. The Labute approximate surface area is 117 Å². The predicted octanol–water partition coefficient (Wildman–Crippen LogP) is 3.29. The Kier molecular flexibility index (Phi) is 3.18. The van der Waals surface area contributed by atoms with Crippen molar-refractivity contribution in [1.29, 1.82) is 0 Å². The van der Waals surface area contributed by atoms with E-state index in [0.29, 0.717) is 17.4 Å². The van der Waals surface area contributed by atoms with Crippen molar-refractivity contribution in [2.45, 2.75) is 51.6 Å². The van der Waals surface area contributed by atoms with Gasteiger partial charge in [-0.2, -0.15) is 0 Å². The van der Waals surface area contributed by atoms with Crippen molar-refractivity contribution in [2.75, 3.05) is 13.1 Å². The first kappa shape index (κ1) is 13.1. The zero-order valence-corrected chi connectivity index (χ0v) is 12.4. The van der Waals surface area contributed by atoms with Gasteiger partial charge in [-0.1, -0.05) is 45.0 Å². The molecule has 1 saturated heterocycles. The lowest BCUT2D eigenvalue weighted by Gasteiger charge is -2.40. The van der Waals surface area contributed by atoms with Crippen LogP contribution in [0.4, 0.5) is 0 Å². The van der Waals surface area contributed by atoms with Crippen LogP contribution in [0.3, 0.4) is 0 Å². The van der Waals surface area contributed by atoms with Gasteiger partial charge in [-0.15, -0.1) is 0 Å². The van der Waals surface area contributed by atoms with Gasteiger partial charge >= 0.3 is 0 Å². The molecule has 3 atom stereocenters. The molecule has 1 aromatic carbocycles. The highest BCUT2D eigenvalue weighted by atomic mass is 15.2. The van der Waals surface area contributed by atoms with Gasteiger partial charge in [-0.25, -0.2) is 0 Å². The lowest BCUT2D eigenvalue weighted by molar-refractivity contribution is 0.165. The van der Waals surface area contributed by atoms with Gasteiger partial charge in [0.15, 0.2) is 0 Å². The molecule has 1 aliphatic carbocycles. The lowest BCUT2D eigenvalue weighted by atomic mass is 9.77. The van der Waals surface area contributed by atoms with Crippen LogP contribution in [0, 0.1) is 5.41 Å². The molecule has 1 aliphatic heterocycles. The highest BCUT2D eigenvalue weighted by Crippen LogP contribution is 2.41. The SMILES string of the molecule is CC1CC(N2CCC(C)(C)C2)C(N)c2ccccc21. The molecule has 2 nitrogen and oxygen atoms in total. The Morgan fingerprint density at radius 2 is 1.89 bits per heavy atom. The van der Waals surface area contributed by atoms with Crippen molar-refractivity contribution < 1.29 is 0 Å². The van der Waals surface area contributed by atoms with E-state index in [4.69, 9.17) is 5.73 Å². The molecule has 0 saturated carbocycles. The standard InChI is InChI=1S/C17H26N2/c1-12-10-15(19-9-8-17(2,3)11-19)16(18)14-7-5-4-6-13(12)14/h4-7,12,15-16H,8-11,18H2,1-3H3. The molecule has 3 unspecified atom stereocenters. The minimum atomic E-state index is 0.182. The van der Waals surface area contributed by atoms with Crippen LogP contribution in [-0.4, -0.2) is 24.0 Å². The summed E-state index contributed by atoms with van der Waals surface area (Å²) in [4.78, 5) is 2.64. The van der Waals surface area contributed by atoms with Gasteiger partial charge in [-0.3, -0.25) is 4.90 Å². The second-order valence-corrected chi connectivity index (χ2v) is 7.24. The first-order valence-electron chi connectivity index (χ1n) is 7.56. The monoisotopic (exact) mass is 258 g/mol. The summed E-state index contributed by atoms with van der Waals surface area (Å²) in [6.45, 7) is 9.50. The van der Waals surface area contributed by atoms with Crippen LogP contribution in [0.25, 0.3) is 0 Å². The third-order valence-electron chi connectivity index (χ3n) is 5.07. The smallest absolute Gasteiger partial charge is 0.0456 e. The molecule has 0 aromatic heterocycles. The van der Waals surface area contributed by atoms with Crippen molar-refractivity contribution in [3.8, 4) is 0 Å². The van der Waals surface area contributed by atoms with Crippen LogP contribution in [-0.2, 0) is 0 Å². The van der Waals surface area contributed by atoms with E-state index < -0.39 is 0 Å². The molecular weight excluding hydrogens is 232 g/mol. The van der Waals surface area contributed by atoms with Gasteiger partial charge in [0.25, 0.3) is 0 Å². The Bertz CT molecular complexity index is 466. The molecule has 2 heteroatoms. The number of fused-ring (bicyclic) bond motifs is 1. The van der Waals surface area contributed by atoms with E-state index in [1.165, 1.54) is 37.1 Å². The number of hydrogen-bond acceptors (Lipinski definition) is 2. The molecule has 0 amide bonds. The fourth-order valence-corrected chi connectivity index (χ4v) is 3.92. The van der Waals surface area contributed by atoms with E-state index >= 15 is 0 Å². The number of benzene rings is 1. The maximum absolute atomic E-state index is 6.58. The third kappa shape index (κ3) is 2.32. The highest BCUT2D eigenvalue weighted by molar-refractivity contribution is 5.36. The first-order chi connectivity index (χ1) is 8.98. The van der Waals surface area contributed by atoms with E-state index in [1.54, 1.807) is 0 Å². The van der Waals surface area contributed by atoms with Crippen molar-refractivity contribution >= 4 is 0 Å². The molecule has 2 aliphatic rings. The first-order valence-corrected chi connectivity index (χ1v) is 7.56. The van der Waals surface area contributed by atoms with E-state index in [-0.39, 0.29) is 6.04 Å². The van der Waals surface area contributed by atoms with Crippen LogP contribution < -0.4 is 5.73 Å². The summed E-state index contributed by atoms with van der Waals surface area (Å²) >= 11 is 0. The minimum Gasteiger partial charge on any atom is -0.323 e. The Balaban J connectivity index is 1.86. The molecule has 0 bridgehead atoms. The molecule has 1 fully saturated rings. The quantitative estimate of drug-likeness (QED) is 0.837. The number of hydrogen-bond donors (Lipinski definition) is 1. The van der Waals surface area contributed by atoms with Crippen molar-refractivity contribution in [3.63, 3.8) is 0 Å². The second-order valence-electron chi connectivity index (χ2n) is 7.24. The second kappa shape index (κ2) is 4.60. The summed E-state index contributed by atoms with van der Waals surface area (Å²) in [6, 6.07) is 9.45. The summed E-state index contributed by atoms with van der Waals surface area (Å²) in [5, 5.41) is 0. The summed E-state index contributed by atoms with van der Waals surface area (Å²) in [5.74, 6) is 0.629. The van der Waals surface area contributed by atoms with Gasteiger partial charge in [0, 0.05) is 18.6 Å². The van der Waals surface area contributed by atoms with Gasteiger partial charge in [0.05, 0.1) is 0 Å². The lowest BCUT2D eigenvalue weighted by Crippen LogP contribution is -2.45. The van der Waals surface area contributed by atoms with Crippen LogP contribution >= 0.6 is 0 Å². The highest BCUT2D eigenvalue weighted by Gasteiger charge is 2.39. The van der Waals surface area contributed by atoms with E-state index in [9.17, 15) is 0 Å².